The van der Waals surface area contributed by atoms with E-state index in [1.165, 1.54) is 0 Å². The molecule has 0 aromatic heterocycles. The second-order valence-corrected chi connectivity index (χ2v) is 2.89. The third kappa shape index (κ3) is 1.59. The zero-order valence-electron chi connectivity index (χ0n) is 6.59. The van der Waals surface area contributed by atoms with Crippen LogP contribution in [0, 0.1) is 5.92 Å². The lowest BCUT2D eigenvalue weighted by atomic mass is 10.1. The fourth-order valence-electron chi connectivity index (χ4n) is 0.957. The summed E-state index contributed by atoms with van der Waals surface area (Å²) in [6.07, 6.45) is 2.00. The highest BCUT2D eigenvalue weighted by molar-refractivity contribution is 5.62. The summed E-state index contributed by atoms with van der Waals surface area (Å²) in [6, 6.07) is 0.471. The third-order valence-corrected chi connectivity index (χ3v) is 1.84. The third-order valence-electron chi connectivity index (χ3n) is 1.84. The van der Waals surface area contributed by atoms with Crippen molar-refractivity contribution in [3.8, 4) is 0 Å². The Morgan fingerprint density at radius 1 is 1.70 bits per heavy atom. The van der Waals surface area contributed by atoms with Gasteiger partial charge >= 0.3 is 0 Å². The molecule has 0 radical (unpaired) electrons. The molecule has 10 heavy (non-hydrogen) atoms. The van der Waals surface area contributed by atoms with Crippen molar-refractivity contribution in [3.05, 3.63) is 12.3 Å². The molecule has 1 N–H and O–H groups in total. The summed E-state index contributed by atoms with van der Waals surface area (Å²) in [5.74, 6) is 0.513. The molecule has 1 rings (SSSR count). The van der Waals surface area contributed by atoms with Crippen molar-refractivity contribution in [2.75, 3.05) is 6.54 Å². The van der Waals surface area contributed by atoms with Gasteiger partial charge in [0.25, 0.3) is 0 Å². The molecule has 1 heterocycles. The van der Waals surface area contributed by atoms with Gasteiger partial charge in [-0.2, -0.15) is 0 Å². The van der Waals surface area contributed by atoms with E-state index in [0.29, 0.717) is 12.0 Å². The molecule has 2 unspecified atom stereocenters. The summed E-state index contributed by atoms with van der Waals surface area (Å²) in [5, 5.41) is 3.27. The quantitative estimate of drug-likeness (QED) is 0.534. The van der Waals surface area contributed by atoms with E-state index in [1.807, 2.05) is 6.21 Å². The van der Waals surface area contributed by atoms with Crippen LogP contribution in [0.25, 0.3) is 0 Å². The van der Waals surface area contributed by atoms with Gasteiger partial charge in [0.2, 0.25) is 0 Å². The average Bonchev–Trinajstić information content (AvgIpc) is 1.96. The molecule has 0 aliphatic carbocycles. The van der Waals surface area contributed by atoms with E-state index in [9.17, 15) is 0 Å². The monoisotopic (exact) mass is 138 g/mol. The maximum Gasteiger partial charge on any atom is 0.0776 e. The molecular weight excluding hydrogens is 124 g/mol. The molecule has 56 valence electrons. The van der Waals surface area contributed by atoms with Gasteiger partial charge in [-0.15, -0.1) is 0 Å². The molecular formula is C8H14N2. The van der Waals surface area contributed by atoms with Crippen molar-refractivity contribution < 1.29 is 0 Å². The van der Waals surface area contributed by atoms with Crippen LogP contribution in [-0.2, 0) is 0 Å². The number of nitrogens with one attached hydrogen (secondary N) is 1. The Morgan fingerprint density at radius 3 is 3.10 bits per heavy atom. The average molecular weight is 138 g/mol. The van der Waals surface area contributed by atoms with Crippen molar-refractivity contribution in [1.29, 1.82) is 0 Å². The Morgan fingerprint density at radius 2 is 2.40 bits per heavy atom. The first kappa shape index (κ1) is 7.32. The van der Waals surface area contributed by atoms with Gasteiger partial charge in [0.15, 0.2) is 0 Å². The lowest BCUT2D eigenvalue weighted by molar-refractivity contribution is 0.538. The highest BCUT2D eigenvalue weighted by atomic mass is 15.0. The predicted molar refractivity (Wildman–Crippen MR) is 44.3 cm³/mol. The summed E-state index contributed by atoms with van der Waals surface area (Å²) in [4.78, 5) is 4.20. The number of rotatable bonds is 0. The molecule has 0 saturated carbocycles. The normalized spacial score (nSPS) is 33.2. The van der Waals surface area contributed by atoms with Crippen LogP contribution in [0.3, 0.4) is 0 Å². The molecule has 2 heteroatoms. The molecule has 0 spiro atoms. The lowest BCUT2D eigenvalue weighted by Crippen LogP contribution is -2.30. The van der Waals surface area contributed by atoms with Crippen molar-refractivity contribution >= 4 is 6.21 Å². The zero-order valence-corrected chi connectivity index (χ0v) is 6.59. The second kappa shape index (κ2) is 2.86. The molecule has 2 nitrogen and oxygen atoms in total. The number of hydrogen-bond acceptors (Lipinski definition) is 2. The first-order valence-corrected chi connectivity index (χ1v) is 3.64. The van der Waals surface area contributed by atoms with Crippen LogP contribution in [0.2, 0.25) is 0 Å². The molecule has 0 aromatic carbocycles. The summed E-state index contributed by atoms with van der Waals surface area (Å²) in [5.41, 5.74) is 1.02. The van der Waals surface area contributed by atoms with E-state index in [4.69, 9.17) is 0 Å². The highest BCUT2D eigenvalue weighted by Crippen LogP contribution is 2.05. The number of hydrogen-bond donors (Lipinski definition) is 1. The fraction of sp³-hybridized carbons (Fsp3) is 0.625. The Labute approximate surface area is 62.0 Å². The van der Waals surface area contributed by atoms with Gasteiger partial charge in [-0.3, -0.25) is 4.99 Å². The van der Waals surface area contributed by atoms with E-state index in [-0.39, 0.29) is 0 Å². The van der Waals surface area contributed by atoms with E-state index in [0.717, 1.165) is 12.2 Å². The maximum absolute atomic E-state index is 4.20. The van der Waals surface area contributed by atoms with Crippen LogP contribution in [0.4, 0.5) is 0 Å². The van der Waals surface area contributed by atoms with Crippen LogP contribution < -0.4 is 5.32 Å². The Kier molecular flexibility index (Phi) is 2.10. The van der Waals surface area contributed by atoms with Crippen molar-refractivity contribution in [1.82, 2.24) is 5.32 Å². The van der Waals surface area contributed by atoms with Crippen molar-refractivity contribution in [3.63, 3.8) is 0 Å². The molecule has 0 aromatic rings. The van der Waals surface area contributed by atoms with Gasteiger partial charge in [0.1, 0.15) is 0 Å². The van der Waals surface area contributed by atoms with E-state index in [1.54, 1.807) is 0 Å². The van der Waals surface area contributed by atoms with Crippen LogP contribution in [-0.4, -0.2) is 18.8 Å². The largest absolute Gasteiger partial charge is 0.384 e. The minimum atomic E-state index is 0.471. The molecule has 1 aliphatic rings. The van der Waals surface area contributed by atoms with Crippen LogP contribution in [0.1, 0.15) is 13.8 Å². The molecule has 1 aliphatic heterocycles. The maximum atomic E-state index is 4.20. The van der Waals surface area contributed by atoms with Crippen molar-refractivity contribution in [2.24, 2.45) is 10.9 Å². The van der Waals surface area contributed by atoms with E-state index >= 15 is 0 Å². The zero-order chi connectivity index (χ0) is 7.56. The fourth-order valence-corrected chi connectivity index (χ4v) is 0.957. The molecule has 0 bridgehead atoms. The van der Waals surface area contributed by atoms with Gasteiger partial charge in [-0.25, -0.2) is 0 Å². The lowest BCUT2D eigenvalue weighted by Gasteiger charge is -2.16. The Bertz CT molecular complexity index is 161. The van der Waals surface area contributed by atoms with Crippen LogP contribution in [0.15, 0.2) is 17.3 Å². The summed E-state index contributed by atoms with van der Waals surface area (Å²) in [6.45, 7) is 8.86. The second-order valence-electron chi connectivity index (χ2n) is 2.89. The first-order chi connectivity index (χ1) is 4.70. The van der Waals surface area contributed by atoms with E-state index in [2.05, 4.69) is 30.7 Å². The summed E-state index contributed by atoms with van der Waals surface area (Å²) < 4.78 is 0. The summed E-state index contributed by atoms with van der Waals surface area (Å²) in [7, 11) is 0. The molecule has 0 amide bonds. The first-order valence-electron chi connectivity index (χ1n) is 3.64. The van der Waals surface area contributed by atoms with E-state index < -0.39 is 0 Å². The molecule has 2 atom stereocenters. The molecule has 0 fully saturated rings. The van der Waals surface area contributed by atoms with Gasteiger partial charge in [-0.05, 0) is 6.92 Å². The number of aliphatic imine (C=N–C) groups is 1. The topological polar surface area (TPSA) is 24.4 Å². The summed E-state index contributed by atoms with van der Waals surface area (Å²) >= 11 is 0. The minimum Gasteiger partial charge on any atom is -0.384 e. The van der Waals surface area contributed by atoms with Crippen molar-refractivity contribution in [2.45, 2.75) is 19.9 Å². The SMILES string of the molecule is C=C1CN=CC(C)C(C)N1. The minimum absolute atomic E-state index is 0.471. The smallest absolute Gasteiger partial charge is 0.0776 e. The number of nitrogens with zero attached hydrogens (tertiary/aromatic N) is 1. The van der Waals surface area contributed by atoms with Crippen LogP contribution in [0.5, 0.6) is 0 Å². The molecule has 0 saturated heterocycles. The highest BCUT2D eigenvalue weighted by Gasteiger charge is 2.11. The van der Waals surface area contributed by atoms with Gasteiger partial charge in [0.05, 0.1) is 6.54 Å². The van der Waals surface area contributed by atoms with Gasteiger partial charge in [-0.1, -0.05) is 13.5 Å². The van der Waals surface area contributed by atoms with Gasteiger partial charge < -0.3 is 5.32 Å². The van der Waals surface area contributed by atoms with Crippen LogP contribution >= 0.6 is 0 Å². The Hall–Kier alpha value is -0.790. The standard InChI is InChI=1S/C8H14N2/c1-6-4-9-5-7(2)10-8(6)3/h4,6,8,10H,2,5H2,1,3H3. The van der Waals surface area contributed by atoms with Gasteiger partial charge in [0, 0.05) is 23.9 Å². The Balaban J connectivity index is 2.61. The predicted octanol–water partition coefficient (Wildman–Crippen LogP) is 1.20.